The number of rotatable bonds is 4. The van der Waals surface area contributed by atoms with Crippen molar-refractivity contribution in [3.05, 3.63) is 82.0 Å². The summed E-state index contributed by atoms with van der Waals surface area (Å²) in [5.74, 6) is 1.82. The Morgan fingerprint density at radius 1 is 1.03 bits per heavy atom. The van der Waals surface area contributed by atoms with E-state index in [1.54, 1.807) is 4.57 Å². The van der Waals surface area contributed by atoms with Crippen molar-refractivity contribution >= 4 is 28.4 Å². The van der Waals surface area contributed by atoms with Crippen LogP contribution in [0.5, 0.6) is 0 Å². The molecule has 0 N–H and O–H groups in total. The lowest BCUT2D eigenvalue weighted by Gasteiger charge is -2.13. The van der Waals surface area contributed by atoms with Crippen LogP contribution in [-0.2, 0) is 5.75 Å². The number of nitrogens with zero attached hydrogens (tertiary/aromatic N) is 5. The molecule has 0 amide bonds. The van der Waals surface area contributed by atoms with Gasteiger partial charge in [-0.2, -0.15) is 0 Å². The van der Waals surface area contributed by atoms with Gasteiger partial charge in [-0.25, -0.2) is 4.57 Å². The Morgan fingerprint density at radius 2 is 1.83 bits per heavy atom. The van der Waals surface area contributed by atoms with Crippen LogP contribution in [0.15, 0.2) is 69.1 Å². The lowest BCUT2D eigenvalue weighted by atomic mass is 10.2. The number of thioether (sulfide) groups is 1. The zero-order chi connectivity index (χ0) is 20.0. The lowest BCUT2D eigenvalue weighted by molar-refractivity contribution is 0.391. The fourth-order valence-corrected chi connectivity index (χ4v) is 4.24. The van der Waals surface area contributed by atoms with E-state index in [-0.39, 0.29) is 5.56 Å². The van der Waals surface area contributed by atoms with Gasteiger partial charge in [0, 0.05) is 6.07 Å². The normalized spacial score (nSPS) is 11.5. The third-order valence-electron chi connectivity index (χ3n) is 4.77. The second-order valence-electron chi connectivity index (χ2n) is 6.79. The van der Waals surface area contributed by atoms with E-state index in [9.17, 15) is 4.79 Å². The molecule has 0 saturated heterocycles. The number of aryl methyl sites for hydroxylation is 2. The molecule has 3 aromatic heterocycles. The van der Waals surface area contributed by atoms with E-state index in [4.69, 9.17) is 4.52 Å². The monoisotopic (exact) mass is 403 g/mol. The Balaban J connectivity index is 1.76. The van der Waals surface area contributed by atoms with Crippen molar-refractivity contribution < 1.29 is 4.52 Å². The van der Waals surface area contributed by atoms with Gasteiger partial charge in [-0.1, -0.05) is 47.3 Å². The highest BCUT2D eigenvalue weighted by atomic mass is 32.2. The number of hydrogen-bond donors (Lipinski definition) is 0. The Kier molecular flexibility index (Phi) is 4.21. The Hall–Kier alpha value is -3.39. The molecule has 0 aliphatic heterocycles. The van der Waals surface area contributed by atoms with Crippen LogP contribution in [0.25, 0.3) is 22.4 Å². The molecule has 0 atom stereocenters. The first-order valence-electron chi connectivity index (χ1n) is 9.13. The van der Waals surface area contributed by atoms with Crippen molar-refractivity contribution in [2.24, 2.45) is 0 Å². The van der Waals surface area contributed by atoms with Crippen molar-refractivity contribution in [2.45, 2.75) is 24.8 Å². The van der Waals surface area contributed by atoms with Crippen LogP contribution >= 0.6 is 11.8 Å². The van der Waals surface area contributed by atoms with Gasteiger partial charge in [0.25, 0.3) is 5.56 Å². The first-order valence-corrected chi connectivity index (χ1v) is 10.1. The third-order valence-corrected chi connectivity index (χ3v) is 5.72. The number of benzene rings is 2. The van der Waals surface area contributed by atoms with Gasteiger partial charge < -0.3 is 4.52 Å². The van der Waals surface area contributed by atoms with Gasteiger partial charge in [-0.15, -0.1) is 10.2 Å². The molecule has 2 aromatic carbocycles. The number of aromatic nitrogens is 5. The van der Waals surface area contributed by atoms with Crippen molar-refractivity contribution in [3.8, 4) is 5.69 Å². The van der Waals surface area contributed by atoms with Crippen LogP contribution in [0, 0.1) is 13.8 Å². The second kappa shape index (κ2) is 6.89. The zero-order valence-electron chi connectivity index (χ0n) is 15.9. The van der Waals surface area contributed by atoms with Gasteiger partial charge in [0.05, 0.1) is 28.0 Å². The van der Waals surface area contributed by atoms with E-state index in [1.165, 1.54) is 11.8 Å². The minimum atomic E-state index is -0.114. The SMILES string of the molecule is Cc1cc(CSc2nnc3n(-c4ccccc4C)c(=O)c4ccccc4n23)on1. The van der Waals surface area contributed by atoms with Gasteiger partial charge in [0.2, 0.25) is 5.78 Å². The fourth-order valence-electron chi connectivity index (χ4n) is 3.42. The molecule has 0 radical (unpaired) electrons. The molecule has 0 saturated carbocycles. The van der Waals surface area contributed by atoms with E-state index in [2.05, 4.69) is 15.4 Å². The zero-order valence-corrected chi connectivity index (χ0v) is 16.7. The average molecular weight is 403 g/mol. The van der Waals surface area contributed by atoms with Crippen molar-refractivity contribution in [2.75, 3.05) is 0 Å². The predicted molar refractivity (Wildman–Crippen MR) is 112 cm³/mol. The highest BCUT2D eigenvalue weighted by molar-refractivity contribution is 7.98. The van der Waals surface area contributed by atoms with Gasteiger partial charge in [0.1, 0.15) is 5.76 Å². The lowest BCUT2D eigenvalue weighted by Crippen LogP contribution is -2.22. The molecule has 0 aliphatic rings. The molecular weight excluding hydrogens is 386 g/mol. The fraction of sp³-hybridized carbons (Fsp3) is 0.143. The standard InChI is InChI=1S/C21H17N5O2S/c1-13-7-3-5-9-17(13)25-19(27)16-8-4-6-10-18(16)26-20(25)22-23-21(26)29-12-15-11-14(2)24-28-15/h3-11H,12H2,1-2H3. The summed E-state index contributed by atoms with van der Waals surface area (Å²) in [6.45, 7) is 3.87. The first kappa shape index (κ1) is 17.7. The maximum atomic E-state index is 13.3. The number of hydrogen-bond acceptors (Lipinski definition) is 6. The van der Waals surface area contributed by atoms with Gasteiger partial charge in [0.15, 0.2) is 5.16 Å². The van der Waals surface area contributed by atoms with Crippen LogP contribution in [0.1, 0.15) is 17.0 Å². The Bertz CT molecular complexity index is 1420. The minimum Gasteiger partial charge on any atom is -0.360 e. The Labute approximate surface area is 170 Å². The van der Waals surface area contributed by atoms with Crippen LogP contribution in [0.2, 0.25) is 0 Å². The Morgan fingerprint density at radius 3 is 2.62 bits per heavy atom. The molecule has 29 heavy (non-hydrogen) atoms. The molecule has 0 unspecified atom stereocenters. The van der Waals surface area contributed by atoms with E-state index in [0.29, 0.717) is 22.1 Å². The summed E-state index contributed by atoms with van der Waals surface area (Å²) in [4.78, 5) is 13.3. The van der Waals surface area contributed by atoms with Gasteiger partial charge in [-0.05, 0) is 37.6 Å². The van der Waals surface area contributed by atoms with Crippen LogP contribution in [-0.4, -0.2) is 24.3 Å². The van der Waals surface area contributed by atoms with E-state index >= 15 is 0 Å². The third kappa shape index (κ3) is 2.92. The van der Waals surface area contributed by atoms with Crippen LogP contribution in [0.3, 0.4) is 0 Å². The molecule has 0 aliphatic carbocycles. The quantitative estimate of drug-likeness (QED) is 0.423. The van der Waals surface area contributed by atoms with E-state index in [1.807, 2.05) is 72.8 Å². The summed E-state index contributed by atoms with van der Waals surface area (Å²) < 4.78 is 8.87. The molecule has 144 valence electrons. The largest absolute Gasteiger partial charge is 0.360 e. The van der Waals surface area contributed by atoms with Crippen LogP contribution < -0.4 is 5.56 Å². The molecule has 5 aromatic rings. The minimum absolute atomic E-state index is 0.114. The molecule has 5 rings (SSSR count). The summed E-state index contributed by atoms with van der Waals surface area (Å²) in [6, 6.07) is 17.2. The topological polar surface area (TPSA) is 78.2 Å². The van der Waals surface area contributed by atoms with Gasteiger partial charge in [-0.3, -0.25) is 9.20 Å². The summed E-state index contributed by atoms with van der Waals surface area (Å²) in [5.41, 5.74) is 3.28. The first-order chi connectivity index (χ1) is 14.1. The molecule has 0 fully saturated rings. The summed E-state index contributed by atoms with van der Waals surface area (Å²) in [7, 11) is 0. The number of para-hydroxylation sites is 2. The maximum Gasteiger partial charge on any atom is 0.267 e. The van der Waals surface area contributed by atoms with E-state index < -0.39 is 0 Å². The van der Waals surface area contributed by atoms with E-state index in [0.717, 1.165) is 28.2 Å². The highest BCUT2D eigenvalue weighted by Gasteiger charge is 2.19. The van der Waals surface area contributed by atoms with Crippen LogP contribution in [0.4, 0.5) is 0 Å². The van der Waals surface area contributed by atoms with Crippen molar-refractivity contribution in [3.63, 3.8) is 0 Å². The molecule has 8 heteroatoms. The molecule has 0 bridgehead atoms. The molecular formula is C21H17N5O2S. The van der Waals surface area contributed by atoms with Crippen molar-refractivity contribution in [1.29, 1.82) is 0 Å². The maximum absolute atomic E-state index is 13.3. The summed E-state index contributed by atoms with van der Waals surface area (Å²) >= 11 is 1.49. The highest BCUT2D eigenvalue weighted by Crippen LogP contribution is 2.26. The molecule has 3 heterocycles. The van der Waals surface area contributed by atoms with Crippen molar-refractivity contribution in [1.82, 2.24) is 24.3 Å². The number of fused-ring (bicyclic) bond motifs is 3. The average Bonchev–Trinajstić information content (AvgIpc) is 3.34. The second-order valence-corrected chi connectivity index (χ2v) is 7.73. The molecule has 7 nitrogen and oxygen atoms in total. The molecule has 0 spiro atoms. The summed E-state index contributed by atoms with van der Waals surface area (Å²) in [6.07, 6.45) is 0. The summed E-state index contributed by atoms with van der Waals surface area (Å²) in [5, 5.41) is 14.0. The smallest absolute Gasteiger partial charge is 0.267 e. The predicted octanol–water partition coefficient (Wildman–Crippen LogP) is 3.93. The van der Waals surface area contributed by atoms with Gasteiger partial charge >= 0.3 is 0 Å².